The van der Waals surface area contributed by atoms with E-state index in [0.29, 0.717) is 11.5 Å². The fourth-order valence-electron chi connectivity index (χ4n) is 2.25. The normalized spacial score (nSPS) is 13.0. The lowest BCUT2D eigenvalue weighted by atomic mass is 10.1. The summed E-state index contributed by atoms with van der Waals surface area (Å²) in [6.45, 7) is 1.96. The molecule has 0 unspecified atom stereocenters. The molecule has 0 spiro atoms. The van der Waals surface area contributed by atoms with Crippen LogP contribution in [0.3, 0.4) is 0 Å². The Kier molecular flexibility index (Phi) is 5.84. The summed E-state index contributed by atoms with van der Waals surface area (Å²) in [4.78, 5) is 10.7. The molecule has 1 aliphatic heterocycles. The summed E-state index contributed by atoms with van der Waals surface area (Å²) in [6.07, 6.45) is 0.0371. The molecule has 2 aromatic rings. The van der Waals surface area contributed by atoms with Crippen LogP contribution < -0.4 is 9.47 Å². The second-order valence-corrected chi connectivity index (χ2v) is 6.48. The van der Waals surface area contributed by atoms with Crippen LogP contribution in [-0.4, -0.2) is 38.6 Å². The molecule has 2 heterocycles. The molecule has 144 valence electrons. The highest BCUT2D eigenvalue weighted by atomic mass is 32.2. The number of nitrogens with zero attached hydrogens (tertiary/aromatic N) is 5. The Hall–Kier alpha value is -2.76. The van der Waals surface area contributed by atoms with Crippen molar-refractivity contribution < 1.29 is 23.2 Å². The molecule has 0 radical (unpaired) electrons. The molecule has 0 saturated carbocycles. The number of unbranched alkanes of at least 4 members (excludes halogenated alkanes) is 1. The summed E-state index contributed by atoms with van der Waals surface area (Å²) >= 11 is 1.24. The van der Waals surface area contributed by atoms with Crippen molar-refractivity contribution in [2.75, 3.05) is 12.5 Å². The van der Waals surface area contributed by atoms with Crippen LogP contribution in [0.1, 0.15) is 37.6 Å². The Balaban J connectivity index is 1.96. The van der Waals surface area contributed by atoms with Gasteiger partial charge in [-0.3, -0.25) is 10.1 Å². The van der Waals surface area contributed by atoms with E-state index in [0.717, 1.165) is 23.7 Å². The first-order chi connectivity index (χ1) is 13.0. The van der Waals surface area contributed by atoms with Gasteiger partial charge in [0, 0.05) is 5.75 Å². The van der Waals surface area contributed by atoms with Gasteiger partial charge in [-0.2, -0.15) is 9.78 Å². The predicted octanol–water partition coefficient (Wildman–Crippen LogP) is 3.63. The van der Waals surface area contributed by atoms with Gasteiger partial charge in [-0.15, -0.1) is 10.2 Å². The number of aromatic nitrogens is 3. The molecule has 0 aliphatic carbocycles. The van der Waals surface area contributed by atoms with Gasteiger partial charge in [0.15, 0.2) is 11.5 Å². The minimum Gasteiger partial charge on any atom is -0.454 e. The minimum absolute atomic E-state index is 0.0493. The molecule has 3 rings (SSSR count). The Morgan fingerprint density at radius 3 is 2.81 bits per heavy atom. The van der Waals surface area contributed by atoms with Crippen LogP contribution in [0.4, 0.5) is 14.5 Å². The zero-order valence-electron chi connectivity index (χ0n) is 14.2. The van der Waals surface area contributed by atoms with E-state index >= 15 is 0 Å². The zero-order chi connectivity index (χ0) is 19.4. The average molecular weight is 399 g/mol. The minimum atomic E-state index is -2.89. The van der Waals surface area contributed by atoms with Crippen molar-refractivity contribution in [2.45, 2.75) is 31.3 Å². The highest BCUT2D eigenvalue weighted by Gasteiger charge is 2.24. The first-order valence-electron chi connectivity index (χ1n) is 8.00. The van der Waals surface area contributed by atoms with E-state index in [1.807, 2.05) is 6.92 Å². The molecule has 0 bridgehead atoms. The van der Waals surface area contributed by atoms with Crippen LogP contribution in [0.15, 0.2) is 22.4 Å². The van der Waals surface area contributed by atoms with E-state index in [1.165, 1.54) is 23.9 Å². The zero-order valence-corrected chi connectivity index (χ0v) is 15.0. The third-order valence-electron chi connectivity index (χ3n) is 3.59. The lowest BCUT2D eigenvalue weighted by Crippen LogP contribution is -2.02. The van der Waals surface area contributed by atoms with Crippen molar-refractivity contribution in [1.29, 1.82) is 0 Å². The standard InChI is InChI=1S/C15H15F2N5O4S/c1-2-3-4-27-15-20-19-14(13(16)17)21(15)18-7-9-5-11-12(26-8-25-11)6-10(9)22(23)24/h5-7,13H,2-4,8H2,1H3/b18-7-. The molecule has 12 heteroatoms. The van der Waals surface area contributed by atoms with Crippen molar-refractivity contribution in [2.24, 2.45) is 5.10 Å². The average Bonchev–Trinajstić information content (AvgIpc) is 3.25. The lowest BCUT2D eigenvalue weighted by molar-refractivity contribution is -0.385. The molecule has 1 aromatic heterocycles. The summed E-state index contributed by atoms with van der Waals surface area (Å²) in [6, 6.07) is 2.58. The Labute approximate surface area is 156 Å². The molecule has 0 atom stereocenters. The molecule has 0 fully saturated rings. The summed E-state index contributed by atoms with van der Waals surface area (Å²) < 4.78 is 37.6. The van der Waals surface area contributed by atoms with E-state index in [1.54, 1.807) is 0 Å². The van der Waals surface area contributed by atoms with Gasteiger partial charge in [0.25, 0.3) is 12.1 Å². The molecule has 27 heavy (non-hydrogen) atoms. The smallest absolute Gasteiger partial charge is 0.299 e. The second kappa shape index (κ2) is 8.29. The summed E-state index contributed by atoms with van der Waals surface area (Å²) in [5.41, 5.74) is -0.197. The van der Waals surface area contributed by atoms with E-state index in [4.69, 9.17) is 9.47 Å². The first-order valence-corrected chi connectivity index (χ1v) is 8.98. The van der Waals surface area contributed by atoms with Crippen molar-refractivity contribution >= 4 is 23.7 Å². The monoisotopic (exact) mass is 399 g/mol. The third kappa shape index (κ3) is 4.15. The lowest BCUT2D eigenvalue weighted by Gasteiger charge is -2.04. The number of nitro benzene ring substituents is 1. The number of hydrogen-bond donors (Lipinski definition) is 0. The third-order valence-corrected chi connectivity index (χ3v) is 4.60. The van der Waals surface area contributed by atoms with Crippen LogP contribution >= 0.6 is 11.8 Å². The number of halogens is 2. The first kappa shape index (κ1) is 19.0. The Morgan fingerprint density at radius 1 is 1.41 bits per heavy atom. The number of benzene rings is 1. The molecule has 0 saturated heterocycles. The number of ether oxygens (including phenoxy) is 2. The van der Waals surface area contributed by atoms with Crippen molar-refractivity contribution in [3.05, 3.63) is 33.6 Å². The van der Waals surface area contributed by atoms with Crippen molar-refractivity contribution in [1.82, 2.24) is 14.9 Å². The van der Waals surface area contributed by atoms with Crippen LogP contribution in [-0.2, 0) is 0 Å². The second-order valence-electron chi connectivity index (χ2n) is 5.42. The topological polar surface area (TPSA) is 105 Å². The van der Waals surface area contributed by atoms with E-state index in [2.05, 4.69) is 15.3 Å². The highest BCUT2D eigenvalue weighted by Crippen LogP contribution is 2.37. The van der Waals surface area contributed by atoms with Gasteiger partial charge in [0.05, 0.1) is 22.8 Å². The molecule has 0 N–H and O–H groups in total. The van der Waals surface area contributed by atoms with Crippen LogP contribution in [0, 0.1) is 10.1 Å². The number of hydrogen-bond acceptors (Lipinski definition) is 8. The number of thioether (sulfide) groups is 1. The van der Waals surface area contributed by atoms with E-state index in [-0.39, 0.29) is 28.9 Å². The van der Waals surface area contributed by atoms with E-state index < -0.39 is 17.2 Å². The summed E-state index contributed by atoms with van der Waals surface area (Å²) in [7, 11) is 0. The summed E-state index contributed by atoms with van der Waals surface area (Å²) in [5, 5.41) is 22.7. The van der Waals surface area contributed by atoms with Gasteiger partial charge in [0.2, 0.25) is 17.8 Å². The molecule has 1 aromatic carbocycles. The van der Waals surface area contributed by atoms with Gasteiger partial charge < -0.3 is 9.47 Å². The fraction of sp³-hybridized carbons (Fsp3) is 0.400. The highest BCUT2D eigenvalue weighted by molar-refractivity contribution is 7.99. The largest absolute Gasteiger partial charge is 0.454 e. The van der Waals surface area contributed by atoms with Crippen LogP contribution in [0.25, 0.3) is 0 Å². The molecule has 9 nitrogen and oxygen atoms in total. The van der Waals surface area contributed by atoms with Gasteiger partial charge in [0.1, 0.15) is 0 Å². The van der Waals surface area contributed by atoms with Gasteiger partial charge in [-0.1, -0.05) is 25.1 Å². The van der Waals surface area contributed by atoms with Gasteiger partial charge in [-0.25, -0.2) is 8.78 Å². The maximum Gasteiger partial charge on any atom is 0.299 e. The quantitative estimate of drug-likeness (QED) is 0.219. The number of fused-ring (bicyclic) bond motifs is 1. The number of alkyl halides is 2. The SMILES string of the molecule is CCCCSc1nnc(C(F)F)n1/N=C\c1cc2c(cc1[N+](=O)[O-])OCO2. The molecular weight excluding hydrogens is 384 g/mol. The summed E-state index contributed by atoms with van der Waals surface area (Å²) in [5.74, 6) is 0.593. The van der Waals surface area contributed by atoms with Crippen LogP contribution in [0.5, 0.6) is 11.5 Å². The van der Waals surface area contributed by atoms with Gasteiger partial charge >= 0.3 is 0 Å². The Morgan fingerprint density at radius 2 is 2.15 bits per heavy atom. The van der Waals surface area contributed by atoms with Crippen LogP contribution in [0.2, 0.25) is 0 Å². The number of nitro groups is 1. The molecule has 0 amide bonds. The Bertz CT molecular complexity index is 874. The van der Waals surface area contributed by atoms with Gasteiger partial charge in [-0.05, 0) is 12.5 Å². The van der Waals surface area contributed by atoms with Crippen molar-refractivity contribution in [3.63, 3.8) is 0 Å². The van der Waals surface area contributed by atoms with Crippen molar-refractivity contribution in [3.8, 4) is 11.5 Å². The molecular formula is C15H15F2N5O4S. The maximum absolute atomic E-state index is 13.2. The fourth-order valence-corrected chi connectivity index (χ4v) is 3.22. The number of rotatable bonds is 8. The van der Waals surface area contributed by atoms with E-state index in [9.17, 15) is 18.9 Å². The molecule has 1 aliphatic rings. The maximum atomic E-state index is 13.2. The predicted molar refractivity (Wildman–Crippen MR) is 92.8 cm³/mol.